The first kappa shape index (κ1) is 16.3. The van der Waals surface area contributed by atoms with E-state index in [0.717, 1.165) is 22.6 Å². The molecule has 1 aromatic carbocycles. The predicted molar refractivity (Wildman–Crippen MR) is 100 cm³/mol. The van der Waals surface area contributed by atoms with Crippen LogP contribution in [0, 0.1) is 0 Å². The Labute approximate surface area is 154 Å². The fourth-order valence-corrected chi connectivity index (χ4v) is 3.18. The lowest BCUT2D eigenvalue weighted by atomic mass is 10.1. The van der Waals surface area contributed by atoms with Crippen LogP contribution in [0.3, 0.4) is 0 Å². The van der Waals surface area contributed by atoms with E-state index in [9.17, 15) is 4.79 Å². The third-order valence-corrected chi connectivity index (χ3v) is 4.44. The third kappa shape index (κ3) is 3.73. The van der Waals surface area contributed by atoms with Gasteiger partial charge in [-0.15, -0.1) is 11.3 Å². The number of nitrogens with one attached hydrogen (secondary N) is 1. The third-order valence-electron chi connectivity index (χ3n) is 3.68. The Morgan fingerprint density at radius 2 is 2.08 bits per heavy atom. The zero-order chi connectivity index (χ0) is 17.8. The number of carbonyl (C=O) groups excluding carboxylic acids is 1. The molecule has 1 aliphatic rings. The average Bonchev–Trinajstić information content (AvgIpc) is 3.15. The lowest BCUT2D eigenvalue weighted by Crippen LogP contribution is -2.15. The second-order valence-corrected chi connectivity index (χ2v) is 6.36. The van der Waals surface area contributed by atoms with Gasteiger partial charge in [-0.2, -0.15) is 0 Å². The summed E-state index contributed by atoms with van der Waals surface area (Å²) in [6.45, 7) is 1.10. The highest BCUT2D eigenvalue weighted by atomic mass is 32.1. The number of thiazole rings is 1. The summed E-state index contributed by atoms with van der Waals surface area (Å²) in [5, 5.41) is 5.20. The van der Waals surface area contributed by atoms with Gasteiger partial charge < -0.3 is 9.47 Å². The fourth-order valence-electron chi connectivity index (χ4n) is 2.46. The number of fused-ring (bicyclic) bond motifs is 1. The van der Waals surface area contributed by atoms with Gasteiger partial charge in [0.15, 0.2) is 16.6 Å². The topological polar surface area (TPSA) is 73.3 Å². The van der Waals surface area contributed by atoms with Crippen LogP contribution in [0.15, 0.2) is 54.2 Å². The van der Waals surface area contributed by atoms with E-state index in [0.29, 0.717) is 24.1 Å². The summed E-state index contributed by atoms with van der Waals surface area (Å²) in [5.41, 5.74) is 2.55. The van der Waals surface area contributed by atoms with Crippen LogP contribution in [-0.4, -0.2) is 29.1 Å². The van der Waals surface area contributed by atoms with Gasteiger partial charge in [-0.05, 0) is 35.9 Å². The Balaban J connectivity index is 1.45. The van der Waals surface area contributed by atoms with Crippen LogP contribution >= 0.6 is 11.3 Å². The van der Waals surface area contributed by atoms with Crippen LogP contribution in [-0.2, 0) is 4.79 Å². The van der Waals surface area contributed by atoms with Crippen LogP contribution < -0.4 is 14.8 Å². The highest BCUT2D eigenvalue weighted by Crippen LogP contribution is 2.35. The maximum atomic E-state index is 12.0. The number of nitrogens with zero attached hydrogens (tertiary/aromatic N) is 2. The van der Waals surface area contributed by atoms with Gasteiger partial charge in [0.25, 0.3) is 0 Å². The largest absolute Gasteiger partial charge is 0.486 e. The first-order chi connectivity index (χ1) is 12.8. The molecule has 3 aromatic rings. The molecule has 0 radical (unpaired) electrons. The Bertz CT molecular complexity index is 954. The molecule has 2 aromatic heterocycles. The Hall–Kier alpha value is -3.19. The molecule has 0 spiro atoms. The molecule has 7 heteroatoms. The highest BCUT2D eigenvalue weighted by Gasteiger charge is 2.14. The van der Waals surface area contributed by atoms with E-state index in [4.69, 9.17) is 9.47 Å². The maximum absolute atomic E-state index is 12.0. The second kappa shape index (κ2) is 7.37. The minimum absolute atomic E-state index is 0.239. The van der Waals surface area contributed by atoms with Gasteiger partial charge in [0.05, 0.1) is 5.69 Å². The first-order valence-corrected chi connectivity index (χ1v) is 8.90. The van der Waals surface area contributed by atoms with E-state index in [1.165, 1.54) is 17.4 Å². The van der Waals surface area contributed by atoms with Gasteiger partial charge in [-0.25, -0.2) is 4.98 Å². The number of aromatic nitrogens is 2. The van der Waals surface area contributed by atoms with Crippen molar-refractivity contribution in [3.05, 3.63) is 59.7 Å². The van der Waals surface area contributed by atoms with Crippen molar-refractivity contribution in [2.45, 2.75) is 0 Å². The molecule has 0 fully saturated rings. The van der Waals surface area contributed by atoms with Crippen molar-refractivity contribution in [2.24, 2.45) is 0 Å². The summed E-state index contributed by atoms with van der Waals surface area (Å²) in [6.07, 6.45) is 6.54. The molecule has 1 aliphatic heterocycles. The summed E-state index contributed by atoms with van der Waals surface area (Å²) in [4.78, 5) is 20.5. The summed E-state index contributed by atoms with van der Waals surface area (Å²) in [5.74, 6) is 1.22. The van der Waals surface area contributed by atoms with Gasteiger partial charge in [0.2, 0.25) is 5.91 Å². The number of hydrogen-bond donors (Lipinski definition) is 1. The quantitative estimate of drug-likeness (QED) is 0.715. The Morgan fingerprint density at radius 3 is 2.92 bits per heavy atom. The maximum Gasteiger partial charge on any atom is 0.250 e. The van der Waals surface area contributed by atoms with Crippen molar-refractivity contribution < 1.29 is 14.3 Å². The number of hydrogen-bond acceptors (Lipinski definition) is 6. The molecular formula is C19H15N3O3S. The van der Waals surface area contributed by atoms with Crippen molar-refractivity contribution in [1.29, 1.82) is 0 Å². The molecule has 0 saturated carbocycles. The molecule has 1 N–H and O–H groups in total. The van der Waals surface area contributed by atoms with Gasteiger partial charge in [0, 0.05) is 29.4 Å². The number of pyridine rings is 1. The van der Waals surface area contributed by atoms with E-state index in [1.807, 2.05) is 35.7 Å². The van der Waals surface area contributed by atoms with Crippen molar-refractivity contribution in [3.63, 3.8) is 0 Å². The molecule has 6 nitrogen and oxygen atoms in total. The van der Waals surface area contributed by atoms with Gasteiger partial charge in [-0.1, -0.05) is 6.07 Å². The number of carbonyl (C=O) groups is 1. The van der Waals surface area contributed by atoms with E-state index in [-0.39, 0.29) is 5.91 Å². The fraction of sp³-hybridized carbons (Fsp3) is 0.105. The molecule has 1 amide bonds. The molecule has 0 bridgehead atoms. The molecule has 4 rings (SSSR count). The molecule has 130 valence electrons. The van der Waals surface area contributed by atoms with Crippen LogP contribution in [0.4, 0.5) is 5.13 Å². The van der Waals surface area contributed by atoms with Crippen molar-refractivity contribution in [2.75, 3.05) is 18.5 Å². The summed E-state index contributed by atoms with van der Waals surface area (Å²) >= 11 is 1.37. The molecule has 26 heavy (non-hydrogen) atoms. The van der Waals surface area contributed by atoms with E-state index in [2.05, 4.69) is 15.3 Å². The molecule has 0 aliphatic carbocycles. The van der Waals surface area contributed by atoms with E-state index < -0.39 is 0 Å². The van der Waals surface area contributed by atoms with Gasteiger partial charge >= 0.3 is 0 Å². The van der Waals surface area contributed by atoms with E-state index in [1.54, 1.807) is 18.5 Å². The minimum atomic E-state index is -0.239. The normalized spacial score (nSPS) is 12.9. The summed E-state index contributed by atoms with van der Waals surface area (Å²) in [6, 6.07) is 9.39. The predicted octanol–water partition coefficient (Wildman–Crippen LogP) is 3.63. The summed E-state index contributed by atoms with van der Waals surface area (Å²) in [7, 11) is 0. The Kier molecular flexibility index (Phi) is 4.61. The SMILES string of the molecule is O=C(/C=C/c1cccnc1)Nc1nc(-c2ccc3c(c2)OCCO3)cs1. The zero-order valence-electron chi connectivity index (χ0n) is 13.7. The average molecular weight is 365 g/mol. The van der Waals surface area contributed by atoms with Gasteiger partial charge in [-0.3, -0.25) is 15.1 Å². The lowest BCUT2D eigenvalue weighted by molar-refractivity contribution is -0.111. The monoisotopic (exact) mass is 365 g/mol. The molecule has 0 saturated heterocycles. The van der Waals surface area contributed by atoms with Crippen molar-refractivity contribution in [3.8, 4) is 22.8 Å². The number of anilines is 1. The molecule has 0 unspecified atom stereocenters. The molecule has 3 heterocycles. The van der Waals surface area contributed by atoms with Crippen LogP contribution in [0.25, 0.3) is 17.3 Å². The number of amides is 1. The van der Waals surface area contributed by atoms with Crippen LogP contribution in [0.1, 0.15) is 5.56 Å². The lowest BCUT2D eigenvalue weighted by Gasteiger charge is -2.18. The second-order valence-electron chi connectivity index (χ2n) is 5.51. The first-order valence-electron chi connectivity index (χ1n) is 8.02. The molecular weight excluding hydrogens is 350 g/mol. The van der Waals surface area contributed by atoms with Crippen LogP contribution in [0.5, 0.6) is 11.5 Å². The van der Waals surface area contributed by atoms with Crippen molar-refractivity contribution >= 4 is 28.5 Å². The highest BCUT2D eigenvalue weighted by molar-refractivity contribution is 7.14. The number of benzene rings is 1. The number of ether oxygens (including phenoxy) is 2. The van der Waals surface area contributed by atoms with Gasteiger partial charge in [0.1, 0.15) is 13.2 Å². The van der Waals surface area contributed by atoms with Crippen molar-refractivity contribution in [1.82, 2.24) is 9.97 Å². The summed E-state index contributed by atoms with van der Waals surface area (Å²) < 4.78 is 11.1. The molecule has 0 atom stereocenters. The minimum Gasteiger partial charge on any atom is -0.486 e. The van der Waals surface area contributed by atoms with E-state index >= 15 is 0 Å². The smallest absolute Gasteiger partial charge is 0.250 e. The van der Waals surface area contributed by atoms with Crippen LogP contribution in [0.2, 0.25) is 0 Å². The zero-order valence-corrected chi connectivity index (χ0v) is 14.5. The standard InChI is InChI=1S/C19H15N3O3S/c23-18(6-3-13-2-1-7-20-11-13)22-19-21-15(12-26-19)14-4-5-16-17(10-14)25-9-8-24-16/h1-7,10-12H,8-9H2,(H,21,22,23)/b6-3+. The number of rotatable bonds is 4. The Morgan fingerprint density at radius 1 is 1.19 bits per heavy atom.